The van der Waals surface area contributed by atoms with Gasteiger partial charge in [-0.25, -0.2) is 9.59 Å². The number of nitrogens with one attached hydrogen (secondary N) is 1. The van der Waals surface area contributed by atoms with Crippen LogP contribution in [0.4, 0.5) is 5.00 Å². The number of carbonyl (C=O) groups is 2. The number of methoxy groups -OCH3 is 1. The van der Waals surface area contributed by atoms with E-state index in [1.54, 1.807) is 18.2 Å². The van der Waals surface area contributed by atoms with Crippen molar-refractivity contribution < 1.29 is 18.7 Å². The lowest BCUT2D eigenvalue weighted by atomic mass is 10.1. The molecule has 0 radical (unpaired) electrons. The van der Waals surface area contributed by atoms with Gasteiger partial charge in [-0.05, 0) is 49.1 Å². The van der Waals surface area contributed by atoms with Gasteiger partial charge in [-0.2, -0.15) is 0 Å². The Morgan fingerprint density at radius 1 is 1.26 bits per heavy atom. The van der Waals surface area contributed by atoms with Crippen molar-refractivity contribution in [1.82, 2.24) is 0 Å². The summed E-state index contributed by atoms with van der Waals surface area (Å²) in [5, 5.41) is 3.73. The molecule has 0 fully saturated rings. The number of benzene rings is 1. The third-order valence-electron chi connectivity index (χ3n) is 4.48. The number of halogens is 1. The summed E-state index contributed by atoms with van der Waals surface area (Å²) in [5.74, 6) is -1.10. The molecule has 0 aliphatic heterocycles. The first-order chi connectivity index (χ1) is 13.0. The van der Waals surface area contributed by atoms with E-state index in [2.05, 4.69) is 21.2 Å². The van der Waals surface area contributed by atoms with Gasteiger partial charge in [-0.1, -0.05) is 15.9 Å². The van der Waals surface area contributed by atoms with Gasteiger partial charge in [0.2, 0.25) is 0 Å². The van der Waals surface area contributed by atoms with Crippen LogP contribution in [-0.2, 0) is 17.6 Å². The third kappa shape index (κ3) is 3.19. The average molecular weight is 448 g/mol. The van der Waals surface area contributed by atoms with Crippen LogP contribution < -0.4 is 10.9 Å². The van der Waals surface area contributed by atoms with Gasteiger partial charge in [-0.3, -0.25) is 4.79 Å². The van der Waals surface area contributed by atoms with E-state index in [1.807, 2.05) is 0 Å². The number of esters is 1. The molecule has 27 heavy (non-hydrogen) atoms. The maximum Gasteiger partial charge on any atom is 0.349 e. The third-order valence-corrected chi connectivity index (χ3v) is 6.18. The first-order valence-corrected chi connectivity index (χ1v) is 9.86. The highest BCUT2D eigenvalue weighted by Crippen LogP contribution is 2.39. The zero-order chi connectivity index (χ0) is 19.1. The van der Waals surface area contributed by atoms with Gasteiger partial charge in [-0.15, -0.1) is 11.3 Å². The average Bonchev–Trinajstić information content (AvgIpc) is 3.21. The second kappa shape index (κ2) is 6.94. The van der Waals surface area contributed by atoms with Gasteiger partial charge in [0.1, 0.15) is 16.1 Å². The Labute approximate surface area is 166 Å². The van der Waals surface area contributed by atoms with Crippen molar-refractivity contribution in [3.05, 3.63) is 60.7 Å². The molecule has 0 atom stereocenters. The molecule has 2 aromatic heterocycles. The van der Waals surface area contributed by atoms with Crippen LogP contribution in [0.2, 0.25) is 0 Å². The topological polar surface area (TPSA) is 85.6 Å². The molecular weight excluding hydrogens is 434 g/mol. The first kappa shape index (κ1) is 17.9. The monoisotopic (exact) mass is 447 g/mol. The van der Waals surface area contributed by atoms with Gasteiger partial charge in [0.05, 0.1) is 12.7 Å². The molecule has 6 nitrogen and oxygen atoms in total. The Balaban J connectivity index is 1.73. The summed E-state index contributed by atoms with van der Waals surface area (Å²) in [4.78, 5) is 38.2. The summed E-state index contributed by atoms with van der Waals surface area (Å²) in [6, 6.07) is 6.65. The predicted molar refractivity (Wildman–Crippen MR) is 106 cm³/mol. The molecule has 0 saturated heterocycles. The molecule has 1 aliphatic rings. The summed E-state index contributed by atoms with van der Waals surface area (Å²) in [5.41, 5.74) is 0.856. The van der Waals surface area contributed by atoms with Crippen LogP contribution in [0, 0.1) is 0 Å². The molecule has 8 heteroatoms. The summed E-state index contributed by atoms with van der Waals surface area (Å²) in [6.07, 6.45) is 2.62. The molecule has 2 heterocycles. The number of fused-ring (bicyclic) bond motifs is 2. The van der Waals surface area contributed by atoms with Crippen LogP contribution in [0.5, 0.6) is 0 Å². The van der Waals surface area contributed by atoms with Crippen LogP contribution in [0.1, 0.15) is 37.6 Å². The van der Waals surface area contributed by atoms with Crippen molar-refractivity contribution in [3.63, 3.8) is 0 Å². The lowest BCUT2D eigenvalue weighted by Gasteiger charge is -2.07. The highest BCUT2D eigenvalue weighted by atomic mass is 79.9. The standard InChI is InChI=1S/C19H14BrNO5S/c1-25-19(24)15-11-3-2-4-14(11)27-17(15)21-16(22)12-8-9-7-10(20)5-6-13(9)26-18(12)23/h5-8H,2-4H2,1H3,(H,21,22). The molecular formula is C19H14BrNO5S. The van der Waals surface area contributed by atoms with E-state index < -0.39 is 17.5 Å². The van der Waals surface area contributed by atoms with Crippen molar-refractivity contribution in [1.29, 1.82) is 0 Å². The van der Waals surface area contributed by atoms with Crippen LogP contribution in [0.15, 0.2) is 37.9 Å². The van der Waals surface area contributed by atoms with Crippen molar-refractivity contribution in [2.75, 3.05) is 12.4 Å². The highest BCUT2D eigenvalue weighted by molar-refractivity contribution is 9.10. The minimum Gasteiger partial charge on any atom is -0.465 e. The molecule has 0 bridgehead atoms. The Kier molecular flexibility index (Phi) is 4.61. The van der Waals surface area contributed by atoms with Gasteiger partial charge in [0.15, 0.2) is 0 Å². The van der Waals surface area contributed by atoms with Gasteiger partial charge < -0.3 is 14.5 Å². The van der Waals surface area contributed by atoms with E-state index in [0.717, 1.165) is 34.2 Å². The summed E-state index contributed by atoms with van der Waals surface area (Å²) < 4.78 is 10.9. The Morgan fingerprint density at radius 2 is 2.07 bits per heavy atom. The van der Waals surface area contributed by atoms with Gasteiger partial charge in [0, 0.05) is 14.7 Å². The number of hydrogen-bond acceptors (Lipinski definition) is 6. The molecule has 0 spiro atoms. The Hall–Kier alpha value is -2.45. The van der Waals surface area contributed by atoms with Gasteiger partial charge in [0.25, 0.3) is 5.91 Å². The molecule has 1 aliphatic carbocycles. The van der Waals surface area contributed by atoms with Crippen molar-refractivity contribution in [2.24, 2.45) is 0 Å². The molecule has 0 unspecified atom stereocenters. The maximum absolute atomic E-state index is 12.7. The molecule has 4 rings (SSSR count). The van der Waals surface area contributed by atoms with E-state index >= 15 is 0 Å². The number of ether oxygens (including phenoxy) is 1. The maximum atomic E-state index is 12.7. The number of anilines is 1. The zero-order valence-electron chi connectivity index (χ0n) is 14.3. The number of aryl methyl sites for hydroxylation is 1. The molecule has 1 N–H and O–H groups in total. The van der Waals surface area contributed by atoms with E-state index in [1.165, 1.54) is 24.5 Å². The highest BCUT2D eigenvalue weighted by Gasteiger charge is 2.28. The molecule has 138 valence electrons. The molecule has 1 aromatic carbocycles. The van der Waals surface area contributed by atoms with Crippen LogP contribution in [-0.4, -0.2) is 19.0 Å². The van der Waals surface area contributed by atoms with Crippen LogP contribution in [0.25, 0.3) is 11.0 Å². The number of rotatable bonds is 3. The van der Waals surface area contributed by atoms with Crippen LogP contribution >= 0.6 is 27.3 Å². The lowest BCUT2D eigenvalue weighted by Crippen LogP contribution is -2.21. The fraction of sp³-hybridized carbons (Fsp3) is 0.211. The van der Waals surface area contributed by atoms with Crippen molar-refractivity contribution >= 4 is 55.1 Å². The normalized spacial score (nSPS) is 12.8. The molecule has 0 saturated carbocycles. The van der Waals surface area contributed by atoms with E-state index in [9.17, 15) is 14.4 Å². The van der Waals surface area contributed by atoms with Crippen molar-refractivity contribution in [2.45, 2.75) is 19.3 Å². The number of carbonyl (C=O) groups excluding carboxylic acids is 2. The SMILES string of the molecule is COC(=O)c1c(NC(=O)c2cc3cc(Br)ccc3oc2=O)sc2c1CCC2. The first-order valence-electron chi connectivity index (χ1n) is 8.25. The minimum atomic E-state index is -0.731. The largest absolute Gasteiger partial charge is 0.465 e. The van der Waals surface area contributed by atoms with Gasteiger partial charge >= 0.3 is 11.6 Å². The summed E-state index contributed by atoms with van der Waals surface area (Å²) >= 11 is 4.71. The number of hydrogen-bond donors (Lipinski definition) is 1. The second-order valence-corrected chi connectivity index (χ2v) is 8.16. The smallest absolute Gasteiger partial charge is 0.349 e. The van der Waals surface area contributed by atoms with Crippen LogP contribution in [0.3, 0.4) is 0 Å². The fourth-order valence-corrected chi connectivity index (χ4v) is 4.88. The Bertz CT molecular complexity index is 1150. The predicted octanol–water partition coefficient (Wildman–Crippen LogP) is 4.14. The summed E-state index contributed by atoms with van der Waals surface area (Å²) in [7, 11) is 1.31. The minimum absolute atomic E-state index is 0.120. The number of thiophene rings is 1. The Morgan fingerprint density at radius 3 is 2.85 bits per heavy atom. The fourth-order valence-electron chi connectivity index (χ4n) is 3.23. The quantitative estimate of drug-likeness (QED) is 0.481. The lowest BCUT2D eigenvalue weighted by molar-refractivity contribution is 0.0601. The van der Waals surface area contributed by atoms with Crippen molar-refractivity contribution in [3.8, 4) is 0 Å². The zero-order valence-corrected chi connectivity index (χ0v) is 16.7. The molecule has 3 aromatic rings. The van der Waals surface area contributed by atoms with E-state index in [4.69, 9.17) is 9.15 Å². The number of amides is 1. The van der Waals surface area contributed by atoms with E-state index in [-0.39, 0.29) is 5.56 Å². The summed E-state index contributed by atoms with van der Waals surface area (Å²) in [6.45, 7) is 0. The second-order valence-electron chi connectivity index (χ2n) is 6.14. The molecule has 1 amide bonds. The van der Waals surface area contributed by atoms with E-state index in [0.29, 0.717) is 21.5 Å².